The molecule has 1 atom stereocenters. The first-order valence-electron chi connectivity index (χ1n) is 10.9. The van der Waals surface area contributed by atoms with E-state index >= 15 is 0 Å². The Morgan fingerprint density at radius 2 is 1.83 bits per heavy atom. The molecule has 0 fully saturated rings. The van der Waals surface area contributed by atoms with Crippen LogP contribution in [-0.4, -0.2) is 15.5 Å². The number of carbonyl (C=O) groups is 1. The van der Waals surface area contributed by atoms with Crippen molar-refractivity contribution in [3.63, 3.8) is 0 Å². The molecule has 35 heavy (non-hydrogen) atoms. The topological polar surface area (TPSA) is 73.6 Å². The van der Waals surface area contributed by atoms with Crippen molar-refractivity contribution in [2.24, 2.45) is 4.99 Å². The lowest BCUT2D eigenvalue weighted by atomic mass is 9.96. The maximum atomic E-state index is 13.7. The van der Waals surface area contributed by atoms with Gasteiger partial charge in [0.25, 0.3) is 5.56 Å². The highest BCUT2D eigenvalue weighted by Gasteiger charge is 2.33. The van der Waals surface area contributed by atoms with Crippen LogP contribution in [0.15, 0.2) is 100 Å². The molecule has 6 nitrogen and oxygen atoms in total. The van der Waals surface area contributed by atoms with Crippen molar-refractivity contribution in [2.75, 3.05) is 0 Å². The van der Waals surface area contributed by atoms with Gasteiger partial charge in [0.2, 0.25) is 0 Å². The first-order valence-corrected chi connectivity index (χ1v) is 11.7. The third-order valence-electron chi connectivity index (χ3n) is 5.61. The highest BCUT2D eigenvalue weighted by Crippen LogP contribution is 2.31. The summed E-state index contributed by atoms with van der Waals surface area (Å²) in [7, 11) is 0. The molecule has 2 aromatic carbocycles. The summed E-state index contributed by atoms with van der Waals surface area (Å²) in [4.78, 5) is 36.1. The minimum Gasteiger partial charge on any atom is -0.457 e. The Morgan fingerprint density at radius 3 is 2.54 bits per heavy atom. The molecule has 1 aliphatic heterocycles. The number of thiazole rings is 1. The predicted octanol–water partition coefficient (Wildman–Crippen LogP) is 3.51. The molecule has 8 heteroatoms. The minimum absolute atomic E-state index is 0.0800. The van der Waals surface area contributed by atoms with Crippen molar-refractivity contribution >= 4 is 23.4 Å². The van der Waals surface area contributed by atoms with Crippen molar-refractivity contribution in [1.82, 2.24) is 9.55 Å². The van der Waals surface area contributed by atoms with E-state index in [1.807, 2.05) is 36.4 Å². The summed E-state index contributed by atoms with van der Waals surface area (Å²) in [5.74, 6) is -0.992. The monoisotopic (exact) mass is 485 g/mol. The third-order valence-corrected chi connectivity index (χ3v) is 6.59. The first-order chi connectivity index (χ1) is 17.0. The van der Waals surface area contributed by atoms with E-state index in [2.05, 4.69) is 9.98 Å². The summed E-state index contributed by atoms with van der Waals surface area (Å²) in [5.41, 5.74) is 2.43. The Labute approximate surface area is 204 Å². The summed E-state index contributed by atoms with van der Waals surface area (Å²) in [6, 6.07) is 19.7. The summed E-state index contributed by atoms with van der Waals surface area (Å²) in [6.07, 6.45) is 3.34. The number of carbonyl (C=O) groups excluding carboxylic acids is 1. The molecular formula is C27H20FN3O3S. The smallest absolute Gasteiger partial charge is 0.338 e. The van der Waals surface area contributed by atoms with Gasteiger partial charge in [-0.2, -0.15) is 0 Å². The van der Waals surface area contributed by atoms with Crippen LogP contribution >= 0.6 is 11.3 Å². The Bertz CT molecular complexity index is 1590. The van der Waals surface area contributed by atoms with E-state index in [0.29, 0.717) is 26.3 Å². The molecule has 3 heterocycles. The zero-order chi connectivity index (χ0) is 24.4. The van der Waals surface area contributed by atoms with Crippen LogP contribution in [-0.2, 0) is 16.1 Å². The van der Waals surface area contributed by atoms with Crippen molar-refractivity contribution < 1.29 is 13.9 Å². The second-order valence-corrected chi connectivity index (χ2v) is 8.96. The Kier molecular flexibility index (Phi) is 6.20. The number of hydrogen-bond donors (Lipinski definition) is 0. The fraction of sp³-hybridized carbons (Fsp3) is 0.111. The molecule has 0 amide bonds. The molecule has 0 spiro atoms. The number of allylic oxidation sites excluding steroid dienone is 1. The van der Waals surface area contributed by atoms with E-state index in [4.69, 9.17) is 4.74 Å². The Morgan fingerprint density at radius 1 is 1.09 bits per heavy atom. The van der Waals surface area contributed by atoms with Gasteiger partial charge in [-0.15, -0.1) is 0 Å². The number of esters is 1. The van der Waals surface area contributed by atoms with Gasteiger partial charge >= 0.3 is 5.97 Å². The summed E-state index contributed by atoms with van der Waals surface area (Å²) in [6.45, 7) is 1.79. The molecule has 4 aromatic rings. The maximum Gasteiger partial charge on any atom is 0.338 e. The minimum atomic E-state index is -0.805. The van der Waals surface area contributed by atoms with Gasteiger partial charge < -0.3 is 4.74 Å². The van der Waals surface area contributed by atoms with E-state index in [1.54, 1.807) is 43.5 Å². The lowest BCUT2D eigenvalue weighted by Gasteiger charge is -2.24. The quantitative estimate of drug-likeness (QED) is 0.406. The number of rotatable bonds is 5. The average Bonchev–Trinajstić information content (AvgIpc) is 3.17. The van der Waals surface area contributed by atoms with Gasteiger partial charge in [-0.25, -0.2) is 14.2 Å². The SMILES string of the molecule is CC1=C(C(=O)OCc2ccccc2)[C@H](c2ccc(F)cc2)n2c(s/c(=C/c3ccccn3)c2=O)=N1. The van der Waals surface area contributed by atoms with E-state index in [9.17, 15) is 14.0 Å². The van der Waals surface area contributed by atoms with E-state index in [0.717, 1.165) is 5.56 Å². The molecule has 0 N–H and O–H groups in total. The number of hydrogen-bond acceptors (Lipinski definition) is 6. The predicted molar refractivity (Wildman–Crippen MR) is 131 cm³/mol. The molecule has 0 aliphatic carbocycles. The van der Waals surface area contributed by atoms with E-state index < -0.39 is 17.8 Å². The number of ether oxygens (including phenoxy) is 1. The Balaban J connectivity index is 1.61. The number of pyridine rings is 1. The second kappa shape index (κ2) is 9.60. The molecular weight excluding hydrogens is 465 g/mol. The lowest BCUT2D eigenvalue weighted by molar-refractivity contribution is -0.140. The van der Waals surface area contributed by atoms with Crippen molar-refractivity contribution in [3.8, 4) is 0 Å². The van der Waals surface area contributed by atoms with Crippen LogP contribution in [0.5, 0.6) is 0 Å². The van der Waals surface area contributed by atoms with Gasteiger partial charge in [0.05, 0.1) is 27.5 Å². The van der Waals surface area contributed by atoms with Crippen LogP contribution < -0.4 is 14.9 Å². The van der Waals surface area contributed by atoms with E-state index in [1.165, 1.54) is 28.0 Å². The van der Waals surface area contributed by atoms with Crippen molar-refractivity contribution in [2.45, 2.75) is 19.6 Å². The molecule has 0 saturated heterocycles. The van der Waals surface area contributed by atoms with Gasteiger partial charge in [-0.05, 0) is 48.4 Å². The molecule has 0 unspecified atom stereocenters. The zero-order valence-electron chi connectivity index (χ0n) is 18.7. The standard InChI is InChI=1S/C27H20FN3O3S/c1-17-23(26(33)34-16-18-7-3-2-4-8-18)24(19-10-12-20(28)13-11-19)31-25(32)22(35-27(31)30-17)15-21-9-5-6-14-29-21/h2-15,24H,16H2,1H3/b22-15+/t24-/m0/s1. The van der Waals surface area contributed by atoms with Crippen LogP contribution in [0.1, 0.15) is 29.8 Å². The largest absolute Gasteiger partial charge is 0.457 e. The molecule has 0 saturated carbocycles. The van der Waals surface area contributed by atoms with Gasteiger partial charge in [0.1, 0.15) is 12.4 Å². The molecule has 5 rings (SSSR count). The number of aromatic nitrogens is 2. The summed E-state index contributed by atoms with van der Waals surface area (Å²) >= 11 is 1.21. The molecule has 1 aliphatic rings. The Hall–Kier alpha value is -4.17. The second-order valence-electron chi connectivity index (χ2n) is 7.95. The van der Waals surface area contributed by atoms with Crippen LogP contribution in [0.3, 0.4) is 0 Å². The molecule has 0 bridgehead atoms. The zero-order valence-corrected chi connectivity index (χ0v) is 19.5. The number of fused-ring (bicyclic) bond motifs is 1. The van der Waals surface area contributed by atoms with Crippen LogP contribution in [0.2, 0.25) is 0 Å². The van der Waals surface area contributed by atoms with Crippen molar-refractivity contribution in [3.05, 3.63) is 133 Å². The summed E-state index contributed by atoms with van der Waals surface area (Å²) < 4.78 is 21.2. The lowest BCUT2D eigenvalue weighted by Crippen LogP contribution is -2.39. The number of halogens is 1. The van der Waals surface area contributed by atoms with Gasteiger partial charge in [-0.3, -0.25) is 14.3 Å². The van der Waals surface area contributed by atoms with Crippen LogP contribution in [0, 0.1) is 5.82 Å². The third kappa shape index (κ3) is 4.61. The molecule has 0 radical (unpaired) electrons. The molecule has 174 valence electrons. The highest BCUT2D eigenvalue weighted by atomic mass is 32.1. The fourth-order valence-electron chi connectivity index (χ4n) is 3.94. The van der Waals surface area contributed by atoms with Gasteiger partial charge in [-0.1, -0.05) is 59.9 Å². The molecule has 2 aromatic heterocycles. The summed E-state index contributed by atoms with van der Waals surface area (Å²) in [5, 5.41) is 0. The average molecular weight is 486 g/mol. The maximum absolute atomic E-state index is 13.7. The highest BCUT2D eigenvalue weighted by molar-refractivity contribution is 7.07. The number of nitrogens with zero attached hydrogens (tertiary/aromatic N) is 3. The van der Waals surface area contributed by atoms with E-state index in [-0.39, 0.29) is 17.7 Å². The van der Waals surface area contributed by atoms with Crippen LogP contribution in [0.25, 0.3) is 6.08 Å². The van der Waals surface area contributed by atoms with Crippen molar-refractivity contribution in [1.29, 1.82) is 0 Å². The van der Waals surface area contributed by atoms with Crippen LogP contribution in [0.4, 0.5) is 4.39 Å². The number of benzene rings is 2. The fourth-order valence-corrected chi connectivity index (χ4v) is 4.97. The first kappa shape index (κ1) is 22.6. The van der Waals surface area contributed by atoms with Gasteiger partial charge in [0.15, 0.2) is 4.80 Å². The van der Waals surface area contributed by atoms with Gasteiger partial charge in [0, 0.05) is 6.20 Å². The normalized spacial score (nSPS) is 15.5.